The fraction of sp³-hybridized carbons (Fsp3) is 0.167. The Kier molecular flexibility index (Phi) is 4.26. The zero-order valence-corrected chi connectivity index (χ0v) is 14.0. The SMILES string of the molecule is CCn1c(Sc2snc(Cl)c2C#N)nnc1-c1cccs1. The van der Waals surface area contributed by atoms with Gasteiger partial charge in [-0.2, -0.15) is 9.64 Å². The molecule has 9 heteroatoms. The van der Waals surface area contributed by atoms with Crippen LogP contribution >= 0.6 is 46.2 Å². The van der Waals surface area contributed by atoms with Crippen LogP contribution in [0.15, 0.2) is 26.9 Å². The van der Waals surface area contributed by atoms with Crippen molar-refractivity contribution in [2.45, 2.75) is 22.8 Å². The lowest BCUT2D eigenvalue weighted by atomic mass is 10.4. The van der Waals surface area contributed by atoms with Crippen LogP contribution in [0.1, 0.15) is 12.5 Å². The van der Waals surface area contributed by atoms with Crippen molar-refractivity contribution in [2.24, 2.45) is 0 Å². The molecular formula is C12H8ClN5S3. The van der Waals surface area contributed by atoms with Crippen LogP contribution in [0.4, 0.5) is 0 Å². The Balaban J connectivity index is 1.99. The zero-order valence-electron chi connectivity index (χ0n) is 10.8. The Morgan fingerprint density at radius 2 is 2.33 bits per heavy atom. The molecule has 0 saturated carbocycles. The van der Waals surface area contributed by atoms with Crippen molar-refractivity contribution in [2.75, 3.05) is 0 Å². The van der Waals surface area contributed by atoms with E-state index < -0.39 is 0 Å². The molecule has 0 aliphatic heterocycles. The highest BCUT2D eigenvalue weighted by molar-refractivity contribution is 8.01. The molecule has 3 rings (SSSR count). The highest BCUT2D eigenvalue weighted by Crippen LogP contribution is 2.37. The lowest BCUT2D eigenvalue weighted by molar-refractivity contribution is 0.688. The molecular weight excluding hydrogens is 346 g/mol. The number of nitrogens with zero attached hydrogens (tertiary/aromatic N) is 5. The summed E-state index contributed by atoms with van der Waals surface area (Å²) in [5, 5.41) is 20.6. The van der Waals surface area contributed by atoms with Crippen LogP contribution in [-0.4, -0.2) is 19.1 Å². The van der Waals surface area contributed by atoms with Gasteiger partial charge in [0.15, 0.2) is 16.1 Å². The first-order valence-corrected chi connectivity index (χ1v) is 8.79. The van der Waals surface area contributed by atoms with E-state index in [9.17, 15) is 0 Å². The van der Waals surface area contributed by atoms with Gasteiger partial charge in [-0.3, -0.25) is 0 Å². The van der Waals surface area contributed by atoms with E-state index in [0.29, 0.717) is 5.56 Å². The molecule has 106 valence electrons. The normalized spacial score (nSPS) is 10.7. The Bertz CT molecular complexity index is 800. The van der Waals surface area contributed by atoms with Gasteiger partial charge in [0.25, 0.3) is 0 Å². The predicted octanol–water partition coefficient (Wildman–Crippen LogP) is 4.16. The fourth-order valence-corrected chi connectivity index (χ4v) is 4.60. The van der Waals surface area contributed by atoms with E-state index in [0.717, 1.165) is 26.6 Å². The zero-order chi connectivity index (χ0) is 14.8. The second kappa shape index (κ2) is 6.15. The molecule has 0 spiro atoms. The van der Waals surface area contributed by atoms with Gasteiger partial charge >= 0.3 is 0 Å². The van der Waals surface area contributed by atoms with E-state index in [1.807, 2.05) is 29.0 Å². The molecule has 0 saturated heterocycles. The third kappa shape index (κ3) is 2.70. The topological polar surface area (TPSA) is 67.4 Å². The first kappa shape index (κ1) is 14.5. The van der Waals surface area contributed by atoms with Crippen molar-refractivity contribution in [3.05, 3.63) is 28.2 Å². The van der Waals surface area contributed by atoms with Crippen LogP contribution in [-0.2, 0) is 6.54 Å². The summed E-state index contributed by atoms with van der Waals surface area (Å²) in [6.45, 7) is 2.78. The molecule has 0 unspecified atom stereocenters. The quantitative estimate of drug-likeness (QED) is 0.704. The minimum Gasteiger partial charge on any atom is -0.301 e. The second-order valence-electron chi connectivity index (χ2n) is 3.88. The standard InChI is InChI=1S/C12H8ClN5S3/c1-2-18-10(8-4-3-5-19-8)15-16-12(18)20-11-7(6-14)9(13)17-21-11/h3-5H,2H2,1H3. The van der Waals surface area contributed by atoms with Gasteiger partial charge in [0, 0.05) is 6.54 Å². The van der Waals surface area contributed by atoms with Crippen LogP contribution in [0, 0.1) is 11.3 Å². The third-order valence-electron chi connectivity index (χ3n) is 2.69. The molecule has 0 atom stereocenters. The lowest BCUT2D eigenvalue weighted by Crippen LogP contribution is -1.98. The highest BCUT2D eigenvalue weighted by Gasteiger charge is 2.19. The maximum atomic E-state index is 9.13. The molecule has 0 aromatic carbocycles. The molecule has 0 fully saturated rings. The van der Waals surface area contributed by atoms with Crippen molar-refractivity contribution in [3.8, 4) is 16.8 Å². The number of hydrogen-bond donors (Lipinski definition) is 0. The third-order valence-corrected chi connectivity index (χ3v) is 5.92. The summed E-state index contributed by atoms with van der Waals surface area (Å²) in [5.74, 6) is 0.837. The smallest absolute Gasteiger partial charge is 0.197 e. The summed E-state index contributed by atoms with van der Waals surface area (Å²) in [6.07, 6.45) is 0. The van der Waals surface area contributed by atoms with Crippen molar-refractivity contribution in [3.63, 3.8) is 0 Å². The van der Waals surface area contributed by atoms with Crippen LogP contribution in [0.2, 0.25) is 5.15 Å². The molecule has 3 aromatic heterocycles. The minimum atomic E-state index is 0.242. The van der Waals surface area contributed by atoms with E-state index >= 15 is 0 Å². The Labute approximate surface area is 138 Å². The largest absolute Gasteiger partial charge is 0.301 e. The minimum absolute atomic E-state index is 0.242. The van der Waals surface area contributed by atoms with Crippen molar-refractivity contribution < 1.29 is 0 Å². The van der Waals surface area contributed by atoms with Gasteiger partial charge in [-0.25, -0.2) is 0 Å². The summed E-state index contributed by atoms with van der Waals surface area (Å²) < 4.78 is 6.76. The molecule has 0 aliphatic rings. The molecule has 0 amide bonds. The van der Waals surface area contributed by atoms with Crippen molar-refractivity contribution >= 4 is 46.2 Å². The average Bonchev–Trinajstić information content (AvgIpc) is 3.19. The molecule has 0 aliphatic carbocycles. The van der Waals surface area contributed by atoms with E-state index in [2.05, 4.69) is 20.6 Å². The number of nitriles is 1. The van der Waals surface area contributed by atoms with Crippen LogP contribution in [0.5, 0.6) is 0 Å². The van der Waals surface area contributed by atoms with Crippen LogP contribution < -0.4 is 0 Å². The Hall–Kier alpha value is -1.40. The van der Waals surface area contributed by atoms with Gasteiger partial charge in [0.2, 0.25) is 0 Å². The number of thiophene rings is 1. The van der Waals surface area contributed by atoms with Gasteiger partial charge in [0.05, 0.1) is 4.88 Å². The van der Waals surface area contributed by atoms with E-state index in [1.54, 1.807) is 11.3 Å². The fourth-order valence-electron chi connectivity index (χ4n) is 1.74. The van der Waals surface area contributed by atoms with Gasteiger partial charge in [-0.05, 0) is 41.7 Å². The number of hydrogen-bond acceptors (Lipinski definition) is 7. The molecule has 5 nitrogen and oxygen atoms in total. The van der Waals surface area contributed by atoms with Gasteiger partial charge in [-0.1, -0.05) is 17.7 Å². The second-order valence-corrected chi connectivity index (χ2v) is 7.19. The predicted molar refractivity (Wildman–Crippen MR) is 85.0 cm³/mol. The first-order chi connectivity index (χ1) is 10.2. The molecule has 3 aromatic rings. The highest BCUT2D eigenvalue weighted by atomic mass is 35.5. The van der Waals surface area contributed by atoms with Crippen molar-refractivity contribution in [1.29, 1.82) is 5.26 Å². The molecule has 0 bridgehead atoms. The lowest BCUT2D eigenvalue weighted by Gasteiger charge is -2.04. The van der Waals surface area contributed by atoms with Gasteiger partial charge in [0.1, 0.15) is 15.8 Å². The van der Waals surface area contributed by atoms with Crippen molar-refractivity contribution in [1.82, 2.24) is 19.1 Å². The number of halogens is 1. The summed E-state index contributed by atoms with van der Waals surface area (Å²) >= 11 is 10.1. The van der Waals surface area contributed by atoms with Gasteiger partial charge in [-0.15, -0.1) is 21.5 Å². The molecule has 21 heavy (non-hydrogen) atoms. The van der Waals surface area contributed by atoms with E-state index in [-0.39, 0.29) is 5.15 Å². The maximum Gasteiger partial charge on any atom is 0.197 e. The number of aromatic nitrogens is 4. The summed E-state index contributed by atoms with van der Waals surface area (Å²) in [6, 6.07) is 6.07. The van der Waals surface area contributed by atoms with E-state index in [1.165, 1.54) is 23.3 Å². The summed E-state index contributed by atoms with van der Waals surface area (Å²) in [7, 11) is 0. The summed E-state index contributed by atoms with van der Waals surface area (Å²) in [4.78, 5) is 1.07. The van der Waals surface area contributed by atoms with Crippen LogP contribution in [0.25, 0.3) is 10.7 Å². The molecule has 3 heterocycles. The summed E-state index contributed by atoms with van der Waals surface area (Å²) in [5.41, 5.74) is 0.398. The molecule has 0 radical (unpaired) electrons. The number of rotatable bonds is 4. The average molecular weight is 354 g/mol. The monoisotopic (exact) mass is 353 g/mol. The van der Waals surface area contributed by atoms with Gasteiger partial charge < -0.3 is 4.57 Å². The Morgan fingerprint density at radius 1 is 1.48 bits per heavy atom. The molecule has 0 N–H and O–H groups in total. The first-order valence-electron chi connectivity index (χ1n) is 5.94. The maximum absolute atomic E-state index is 9.13. The van der Waals surface area contributed by atoms with Crippen LogP contribution in [0.3, 0.4) is 0 Å². The van der Waals surface area contributed by atoms with E-state index in [4.69, 9.17) is 16.9 Å². The Morgan fingerprint density at radius 3 is 3.00 bits per heavy atom.